The highest BCUT2D eigenvalue weighted by Crippen LogP contribution is 2.23. The van der Waals surface area contributed by atoms with E-state index in [1.165, 1.54) is 6.92 Å². The summed E-state index contributed by atoms with van der Waals surface area (Å²) in [6.07, 6.45) is -0.0687. The SMILES string of the molecule is CC(=O)Nc1ccc(NC(=O)CN2CCOC(c3ccc(Cl)cc3)C2)cc1. The van der Waals surface area contributed by atoms with Gasteiger partial charge in [0, 0.05) is 36.4 Å². The van der Waals surface area contributed by atoms with Gasteiger partial charge in [0.1, 0.15) is 0 Å². The van der Waals surface area contributed by atoms with Crippen LogP contribution in [0.1, 0.15) is 18.6 Å². The quantitative estimate of drug-likeness (QED) is 0.825. The van der Waals surface area contributed by atoms with Gasteiger partial charge in [-0.2, -0.15) is 0 Å². The number of nitrogens with one attached hydrogen (secondary N) is 2. The number of carbonyl (C=O) groups excluding carboxylic acids is 2. The average molecular weight is 388 g/mol. The van der Waals surface area contributed by atoms with Crippen LogP contribution in [0.4, 0.5) is 11.4 Å². The molecule has 0 aromatic heterocycles. The van der Waals surface area contributed by atoms with Gasteiger partial charge >= 0.3 is 0 Å². The highest BCUT2D eigenvalue weighted by atomic mass is 35.5. The highest BCUT2D eigenvalue weighted by molar-refractivity contribution is 6.30. The number of anilines is 2. The molecule has 27 heavy (non-hydrogen) atoms. The molecule has 0 radical (unpaired) electrons. The van der Waals surface area contributed by atoms with Crippen LogP contribution >= 0.6 is 11.6 Å². The first-order valence-corrected chi connectivity index (χ1v) is 9.14. The van der Waals surface area contributed by atoms with Crippen molar-refractivity contribution in [1.82, 2.24) is 4.90 Å². The van der Waals surface area contributed by atoms with Crippen molar-refractivity contribution in [3.63, 3.8) is 0 Å². The molecule has 1 heterocycles. The molecule has 7 heteroatoms. The molecule has 0 bridgehead atoms. The fraction of sp³-hybridized carbons (Fsp3) is 0.300. The third-order valence-corrected chi connectivity index (χ3v) is 4.50. The van der Waals surface area contributed by atoms with E-state index >= 15 is 0 Å². The maximum absolute atomic E-state index is 12.4. The molecular formula is C20H22ClN3O3. The Balaban J connectivity index is 1.52. The van der Waals surface area contributed by atoms with Gasteiger partial charge in [0.05, 0.1) is 19.3 Å². The van der Waals surface area contributed by atoms with Crippen LogP contribution in [-0.2, 0) is 14.3 Å². The summed E-state index contributed by atoms with van der Waals surface area (Å²) in [6, 6.07) is 14.6. The number of hydrogen-bond acceptors (Lipinski definition) is 4. The summed E-state index contributed by atoms with van der Waals surface area (Å²) < 4.78 is 5.83. The topological polar surface area (TPSA) is 70.7 Å². The number of halogens is 1. The van der Waals surface area contributed by atoms with E-state index in [2.05, 4.69) is 15.5 Å². The van der Waals surface area contributed by atoms with Crippen LogP contribution in [0.2, 0.25) is 5.02 Å². The van der Waals surface area contributed by atoms with Crippen LogP contribution in [0.5, 0.6) is 0 Å². The molecule has 1 atom stereocenters. The molecule has 3 rings (SSSR count). The number of rotatable bonds is 5. The van der Waals surface area contributed by atoms with E-state index in [0.29, 0.717) is 42.6 Å². The standard InChI is InChI=1S/C20H22ClN3O3/c1-14(25)22-17-6-8-18(9-7-17)23-20(26)13-24-10-11-27-19(12-24)15-2-4-16(21)5-3-15/h2-9,19H,10-13H2,1H3,(H,22,25)(H,23,26). The molecule has 0 spiro atoms. The predicted molar refractivity (Wildman–Crippen MR) is 106 cm³/mol. The summed E-state index contributed by atoms with van der Waals surface area (Å²) in [5.74, 6) is -0.214. The van der Waals surface area contributed by atoms with Crippen molar-refractivity contribution in [2.24, 2.45) is 0 Å². The Hall–Kier alpha value is -2.41. The molecule has 0 saturated carbocycles. The minimum atomic E-state index is -0.130. The zero-order chi connectivity index (χ0) is 19.2. The van der Waals surface area contributed by atoms with Crippen LogP contribution in [0.25, 0.3) is 0 Å². The molecule has 6 nitrogen and oxygen atoms in total. The molecule has 2 amide bonds. The average Bonchev–Trinajstić information content (AvgIpc) is 2.64. The molecule has 1 saturated heterocycles. The van der Waals surface area contributed by atoms with E-state index in [1.807, 2.05) is 24.3 Å². The summed E-state index contributed by atoms with van der Waals surface area (Å²) in [7, 11) is 0. The lowest BCUT2D eigenvalue weighted by Gasteiger charge is -2.32. The van der Waals surface area contributed by atoms with Crippen molar-refractivity contribution in [1.29, 1.82) is 0 Å². The fourth-order valence-electron chi connectivity index (χ4n) is 2.97. The first kappa shape index (κ1) is 19.4. The Labute approximate surface area is 163 Å². The van der Waals surface area contributed by atoms with Crippen LogP contribution in [-0.4, -0.2) is 43.0 Å². The van der Waals surface area contributed by atoms with Gasteiger partial charge in [0.2, 0.25) is 11.8 Å². The third kappa shape index (κ3) is 5.79. The molecule has 2 aromatic carbocycles. The summed E-state index contributed by atoms with van der Waals surface area (Å²) >= 11 is 5.93. The molecular weight excluding hydrogens is 366 g/mol. The third-order valence-electron chi connectivity index (χ3n) is 4.25. The Morgan fingerprint density at radius 1 is 1.07 bits per heavy atom. The van der Waals surface area contributed by atoms with Crippen LogP contribution < -0.4 is 10.6 Å². The minimum Gasteiger partial charge on any atom is -0.371 e. The second-order valence-corrected chi connectivity index (χ2v) is 6.89. The van der Waals surface area contributed by atoms with Gasteiger partial charge in [0.15, 0.2) is 0 Å². The first-order chi connectivity index (χ1) is 13.0. The summed E-state index contributed by atoms with van der Waals surface area (Å²) in [5, 5.41) is 6.26. The van der Waals surface area contributed by atoms with Gasteiger partial charge in [-0.1, -0.05) is 23.7 Å². The molecule has 1 unspecified atom stereocenters. The van der Waals surface area contributed by atoms with Crippen LogP contribution in [0, 0.1) is 0 Å². The number of amides is 2. The summed E-state index contributed by atoms with van der Waals surface area (Å²) in [6.45, 7) is 3.68. The molecule has 1 aliphatic rings. The predicted octanol–water partition coefficient (Wildman–Crippen LogP) is 3.31. The van der Waals surface area contributed by atoms with Crippen LogP contribution in [0.15, 0.2) is 48.5 Å². The molecule has 2 aromatic rings. The van der Waals surface area contributed by atoms with E-state index in [4.69, 9.17) is 16.3 Å². The number of carbonyl (C=O) groups is 2. The number of hydrogen-bond donors (Lipinski definition) is 2. The number of morpholine rings is 1. The molecule has 1 fully saturated rings. The normalized spacial score (nSPS) is 17.3. The van der Waals surface area contributed by atoms with E-state index in [0.717, 1.165) is 5.56 Å². The number of nitrogens with zero attached hydrogens (tertiary/aromatic N) is 1. The van der Waals surface area contributed by atoms with E-state index in [1.54, 1.807) is 24.3 Å². The zero-order valence-electron chi connectivity index (χ0n) is 15.1. The molecule has 1 aliphatic heterocycles. The Bertz CT molecular complexity index is 793. The molecule has 0 aliphatic carbocycles. The van der Waals surface area contributed by atoms with Gasteiger partial charge < -0.3 is 15.4 Å². The van der Waals surface area contributed by atoms with Gasteiger partial charge in [-0.25, -0.2) is 0 Å². The van der Waals surface area contributed by atoms with Crippen LogP contribution in [0.3, 0.4) is 0 Å². The minimum absolute atomic E-state index is 0.0687. The van der Waals surface area contributed by atoms with Gasteiger partial charge in [-0.3, -0.25) is 14.5 Å². The van der Waals surface area contributed by atoms with Crippen molar-refractivity contribution >= 4 is 34.8 Å². The van der Waals surface area contributed by atoms with Gasteiger partial charge in [-0.05, 0) is 42.0 Å². The lowest BCUT2D eigenvalue weighted by Crippen LogP contribution is -2.42. The first-order valence-electron chi connectivity index (χ1n) is 8.76. The number of ether oxygens (including phenoxy) is 1. The zero-order valence-corrected chi connectivity index (χ0v) is 15.8. The van der Waals surface area contributed by atoms with Gasteiger partial charge in [0.25, 0.3) is 0 Å². The van der Waals surface area contributed by atoms with Crippen molar-refractivity contribution in [3.8, 4) is 0 Å². The lowest BCUT2D eigenvalue weighted by molar-refractivity contribution is -0.119. The maximum Gasteiger partial charge on any atom is 0.238 e. The Morgan fingerprint density at radius 2 is 1.70 bits per heavy atom. The van der Waals surface area contributed by atoms with Gasteiger partial charge in [-0.15, -0.1) is 0 Å². The van der Waals surface area contributed by atoms with Crippen molar-refractivity contribution in [2.45, 2.75) is 13.0 Å². The van der Waals surface area contributed by atoms with Crippen molar-refractivity contribution < 1.29 is 14.3 Å². The largest absolute Gasteiger partial charge is 0.371 e. The monoisotopic (exact) mass is 387 g/mol. The Morgan fingerprint density at radius 3 is 2.33 bits per heavy atom. The molecule has 142 valence electrons. The summed E-state index contributed by atoms with van der Waals surface area (Å²) in [5.41, 5.74) is 2.44. The smallest absolute Gasteiger partial charge is 0.238 e. The van der Waals surface area contributed by atoms with E-state index in [9.17, 15) is 9.59 Å². The van der Waals surface area contributed by atoms with Crippen molar-refractivity contribution in [3.05, 3.63) is 59.1 Å². The highest BCUT2D eigenvalue weighted by Gasteiger charge is 2.23. The van der Waals surface area contributed by atoms with Crippen molar-refractivity contribution in [2.75, 3.05) is 36.9 Å². The number of benzene rings is 2. The lowest BCUT2D eigenvalue weighted by atomic mass is 10.1. The Kier molecular flexibility index (Phi) is 6.45. The second kappa shape index (κ2) is 8.99. The van der Waals surface area contributed by atoms with E-state index < -0.39 is 0 Å². The second-order valence-electron chi connectivity index (χ2n) is 6.45. The fourth-order valence-corrected chi connectivity index (χ4v) is 3.09. The molecule has 2 N–H and O–H groups in total. The summed E-state index contributed by atoms with van der Waals surface area (Å²) in [4.78, 5) is 25.5. The van der Waals surface area contributed by atoms with E-state index in [-0.39, 0.29) is 17.9 Å². The maximum atomic E-state index is 12.4.